The zero-order valence-corrected chi connectivity index (χ0v) is 21.5. The van der Waals surface area contributed by atoms with Gasteiger partial charge in [0.25, 0.3) is 0 Å². The maximum atomic E-state index is 12.7. The molecule has 1 fully saturated rings. The van der Waals surface area contributed by atoms with Crippen LogP contribution in [0, 0.1) is 11.3 Å². The van der Waals surface area contributed by atoms with Crippen molar-refractivity contribution in [1.82, 2.24) is 10.2 Å². The van der Waals surface area contributed by atoms with Crippen LogP contribution in [0.25, 0.3) is 0 Å². The molecule has 0 spiro atoms. The summed E-state index contributed by atoms with van der Waals surface area (Å²) in [6.07, 6.45) is 3.20. The Kier molecular flexibility index (Phi) is 8.85. The maximum Gasteiger partial charge on any atom is 0.319 e. The lowest BCUT2D eigenvalue weighted by Crippen LogP contribution is -2.53. The molecule has 8 heteroatoms. The second-order valence-corrected chi connectivity index (χ2v) is 11.0. The number of benzene rings is 2. The Labute approximate surface area is 212 Å². The van der Waals surface area contributed by atoms with Crippen LogP contribution in [0.4, 0.5) is 10.5 Å². The number of carbonyl (C=O) groups excluding carboxylic acids is 2. The number of anilines is 1. The van der Waals surface area contributed by atoms with Crippen LogP contribution < -0.4 is 16.4 Å². The third kappa shape index (κ3) is 7.62. The summed E-state index contributed by atoms with van der Waals surface area (Å²) < 4.78 is 0. The zero-order chi connectivity index (χ0) is 24.9. The van der Waals surface area contributed by atoms with E-state index in [2.05, 4.69) is 42.4 Å². The average Bonchev–Trinajstić information content (AvgIpc) is 2.76. The Balaban J connectivity index is 1.53. The largest absolute Gasteiger partial charge is 0.366 e. The third-order valence-corrected chi connectivity index (χ3v) is 7.15. The van der Waals surface area contributed by atoms with Crippen LogP contribution in [-0.4, -0.2) is 42.5 Å². The normalized spacial score (nSPS) is 16.1. The molecule has 3 rings (SSSR count). The fourth-order valence-corrected chi connectivity index (χ4v) is 4.56. The van der Waals surface area contributed by atoms with Gasteiger partial charge in [-0.3, -0.25) is 4.79 Å². The van der Waals surface area contributed by atoms with Crippen molar-refractivity contribution in [3.05, 3.63) is 63.6 Å². The molecule has 1 heterocycles. The molecule has 1 saturated heterocycles. The topological polar surface area (TPSA) is 87.5 Å². The quantitative estimate of drug-likeness (QED) is 0.459. The predicted molar refractivity (Wildman–Crippen MR) is 140 cm³/mol. The summed E-state index contributed by atoms with van der Waals surface area (Å²) in [4.78, 5) is 26.5. The molecule has 0 aromatic heterocycles. The van der Waals surface area contributed by atoms with Gasteiger partial charge in [-0.25, -0.2) is 4.79 Å². The molecule has 6 nitrogen and oxygen atoms in total. The van der Waals surface area contributed by atoms with Crippen molar-refractivity contribution in [3.8, 4) is 0 Å². The van der Waals surface area contributed by atoms with Crippen LogP contribution in [-0.2, 0) is 6.42 Å². The first kappa shape index (κ1) is 26.3. The van der Waals surface area contributed by atoms with Gasteiger partial charge >= 0.3 is 6.03 Å². The molecular formula is C26H34Cl2N4O2. The van der Waals surface area contributed by atoms with Gasteiger partial charge in [0.15, 0.2) is 0 Å². The molecule has 1 aliphatic heterocycles. The number of primary amides is 1. The van der Waals surface area contributed by atoms with E-state index in [0.29, 0.717) is 27.2 Å². The van der Waals surface area contributed by atoms with Crippen molar-refractivity contribution >= 4 is 40.8 Å². The van der Waals surface area contributed by atoms with E-state index in [1.807, 2.05) is 12.1 Å². The summed E-state index contributed by atoms with van der Waals surface area (Å²) >= 11 is 12.2. The number of nitrogens with zero attached hydrogens (tertiary/aromatic N) is 1. The lowest BCUT2D eigenvalue weighted by atomic mass is 9.85. The van der Waals surface area contributed by atoms with E-state index in [9.17, 15) is 9.59 Å². The number of urea groups is 1. The summed E-state index contributed by atoms with van der Waals surface area (Å²) in [5.74, 6) is 0.0783. The van der Waals surface area contributed by atoms with Crippen molar-refractivity contribution in [2.24, 2.45) is 17.1 Å². The minimum atomic E-state index is -0.529. The van der Waals surface area contributed by atoms with Crippen molar-refractivity contribution in [2.45, 2.75) is 46.1 Å². The lowest BCUT2D eigenvalue weighted by molar-refractivity contribution is 0.1000. The van der Waals surface area contributed by atoms with E-state index in [1.165, 1.54) is 5.56 Å². The monoisotopic (exact) mass is 504 g/mol. The fraction of sp³-hybridized carbons (Fsp3) is 0.462. The van der Waals surface area contributed by atoms with Crippen molar-refractivity contribution in [1.29, 1.82) is 0 Å². The van der Waals surface area contributed by atoms with Crippen molar-refractivity contribution in [2.75, 3.05) is 25.0 Å². The number of nitrogens with two attached hydrogens (primary N) is 1. The molecule has 2 aromatic carbocycles. The molecule has 1 aliphatic rings. The number of hydrogen-bond donors (Lipinski definition) is 3. The van der Waals surface area contributed by atoms with Gasteiger partial charge in [-0.15, -0.1) is 0 Å². The molecular weight excluding hydrogens is 471 g/mol. The van der Waals surface area contributed by atoms with Crippen molar-refractivity contribution in [3.63, 3.8) is 0 Å². The molecule has 0 radical (unpaired) electrons. The van der Waals surface area contributed by atoms with Crippen molar-refractivity contribution < 1.29 is 9.59 Å². The summed E-state index contributed by atoms with van der Waals surface area (Å²) in [5.41, 5.74) is 7.32. The maximum absolute atomic E-state index is 12.7. The minimum absolute atomic E-state index is 0.0431. The van der Waals surface area contributed by atoms with Gasteiger partial charge in [0, 0.05) is 23.8 Å². The lowest BCUT2D eigenvalue weighted by Gasteiger charge is -2.39. The average molecular weight is 505 g/mol. The van der Waals surface area contributed by atoms with Gasteiger partial charge in [0.2, 0.25) is 5.91 Å². The van der Waals surface area contributed by atoms with Gasteiger partial charge in [0.1, 0.15) is 0 Å². The SMILES string of the molecule is CC(C)(C)[C@@H](CN1CCC(Cc2ccc(Cl)c(Cl)c2)CC1)NC(=O)Nc1cccc(C(N)=O)c1. The molecule has 0 bridgehead atoms. The number of nitrogens with one attached hydrogen (secondary N) is 2. The Morgan fingerprint density at radius 2 is 1.79 bits per heavy atom. The summed E-state index contributed by atoms with van der Waals surface area (Å²) in [6, 6.07) is 12.2. The molecule has 0 aliphatic carbocycles. The fourth-order valence-electron chi connectivity index (χ4n) is 4.24. The van der Waals surface area contributed by atoms with Crippen LogP contribution in [0.3, 0.4) is 0 Å². The number of piperidine rings is 1. The second-order valence-electron chi connectivity index (χ2n) is 10.2. The van der Waals surface area contributed by atoms with Crippen LogP contribution in [0.2, 0.25) is 10.0 Å². The van der Waals surface area contributed by atoms with Gasteiger partial charge in [-0.05, 0) is 79.6 Å². The highest BCUT2D eigenvalue weighted by Gasteiger charge is 2.30. The first-order valence-electron chi connectivity index (χ1n) is 11.6. The van der Waals surface area contributed by atoms with Gasteiger partial charge in [-0.1, -0.05) is 56.1 Å². The Hall–Kier alpha value is -2.28. The molecule has 0 saturated carbocycles. The number of halogens is 2. The molecule has 34 heavy (non-hydrogen) atoms. The molecule has 3 amide bonds. The molecule has 1 atom stereocenters. The van der Waals surface area contributed by atoms with E-state index in [-0.39, 0.29) is 17.5 Å². The van der Waals surface area contributed by atoms with Crippen LogP contribution in [0.1, 0.15) is 49.5 Å². The number of hydrogen-bond acceptors (Lipinski definition) is 3. The standard InChI is InChI=1S/C26H34Cl2N4O2/c1-26(2,3)23(31-25(34)30-20-6-4-5-19(15-20)24(29)33)16-32-11-9-17(10-12-32)13-18-7-8-21(27)22(28)14-18/h4-8,14-15,17,23H,9-13,16H2,1-3H3,(H2,29,33)(H2,30,31,34)/t23-/m1/s1. The molecule has 2 aromatic rings. The minimum Gasteiger partial charge on any atom is -0.366 e. The summed E-state index contributed by atoms with van der Waals surface area (Å²) in [5, 5.41) is 7.15. The van der Waals surface area contributed by atoms with E-state index in [4.69, 9.17) is 28.9 Å². The van der Waals surface area contributed by atoms with Crippen LogP contribution in [0.5, 0.6) is 0 Å². The Bertz CT molecular complexity index is 1010. The Morgan fingerprint density at radius 3 is 2.41 bits per heavy atom. The predicted octanol–water partition coefficient (Wildman–Crippen LogP) is 5.58. The smallest absolute Gasteiger partial charge is 0.319 e. The number of amides is 3. The molecule has 4 N–H and O–H groups in total. The highest BCUT2D eigenvalue weighted by atomic mass is 35.5. The van der Waals surface area contributed by atoms with E-state index < -0.39 is 5.91 Å². The first-order valence-corrected chi connectivity index (χ1v) is 12.4. The molecule has 0 unspecified atom stereocenters. The van der Waals surface area contributed by atoms with Gasteiger partial charge in [0.05, 0.1) is 10.0 Å². The number of rotatable bonds is 7. The first-order chi connectivity index (χ1) is 16.0. The highest BCUT2D eigenvalue weighted by molar-refractivity contribution is 6.42. The summed E-state index contributed by atoms with van der Waals surface area (Å²) in [7, 11) is 0. The van der Waals surface area contributed by atoms with Crippen LogP contribution in [0.15, 0.2) is 42.5 Å². The van der Waals surface area contributed by atoms with E-state index in [1.54, 1.807) is 24.3 Å². The second kappa shape index (κ2) is 11.4. The third-order valence-electron chi connectivity index (χ3n) is 6.41. The van der Waals surface area contributed by atoms with Crippen LogP contribution >= 0.6 is 23.2 Å². The highest BCUT2D eigenvalue weighted by Crippen LogP contribution is 2.28. The molecule has 184 valence electrons. The van der Waals surface area contributed by atoms with E-state index in [0.717, 1.165) is 38.9 Å². The van der Waals surface area contributed by atoms with E-state index >= 15 is 0 Å². The van der Waals surface area contributed by atoms with Gasteiger partial charge < -0.3 is 21.3 Å². The number of likely N-dealkylation sites (tertiary alicyclic amines) is 1. The zero-order valence-electron chi connectivity index (χ0n) is 20.0. The Morgan fingerprint density at radius 1 is 1.09 bits per heavy atom. The number of carbonyl (C=O) groups is 2. The summed E-state index contributed by atoms with van der Waals surface area (Å²) in [6.45, 7) is 9.14. The van der Waals surface area contributed by atoms with Gasteiger partial charge in [-0.2, -0.15) is 0 Å².